The van der Waals surface area contributed by atoms with Crippen LogP contribution in [0, 0.1) is 5.92 Å². The van der Waals surface area contributed by atoms with E-state index in [0.717, 1.165) is 95.8 Å². The van der Waals surface area contributed by atoms with Crippen LogP contribution in [-0.4, -0.2) is 96.7 Å². The van der Waals surface area contributed by atoms with E-state index in [4.69, 9.17) is 37.0 Å². The molecule has 0 aliphatic heterocycles. The topological polar surface area (TPSA) is 237 Å². The summed E-state index contributed by atoms with van der Waals surface area (Å²) in [5, 5.41) is 10.7. The van der Waals surface area contributed by atoms with Gasteiger partial charge in [-0.25, -0.2) is 9.13 Å². The van der Waals surface area contributed by atoms with E-state index in [9.17, 15) is 43.2 Å². The second-order valence-electron chi connectivity index (χ2n) is 34.4. The molecule has 0 aromatic rings. The first-order valence-corrected chi connectivity index (χ1v) is 52.2. The molecule has 0 aromatic heterocycles. The molecule has 0 amide bonds. The van der Waals surface area contributed by atoms with E-state index in [1.165, 1.54) is 347 Å². The zero-order valence-corrected chi connectivity index (χ0v) is 77.0. The van der Waals surface area contributed by atoms with Crippen LogP contribution in [-0.2, 0) is 65.4 Å². The molecule has 6 atom stereocenters. The van der Waals surface area contributed by atoms with Crippen molar-refractivity contribution in [2.45, 2.75) is 541 Å². The third kappa shape index (κ3) is 86.4. The second-order valence-corrected chi connectivity index (χ2v) is 37.3. The third-order valence-electron chi connectivity index (χ3n) is 22.9. The lowest BCUT2D eigenvalue weighted by atomic mass is 9.99. The molecule has 0 aliphatic rings. The Morgan fingerprint density at radius 2 is 0.421 bits per heavy atom. The van der Waals surface area contributed by atoms with Crippen LogP contribution in [0.2, 0.25) is 0 Å². The molecule has 0 saturated heterocycles. The molecule has 0 fully saturated rings. The number of unbranched alkanes of at least 4 members (excludes halogenated alkanes) is 66. The second kappa shape index (κ2) is 87.4. The lowest BCUT2D eigenvalue weighted by Gasteiger charge is -2.21. The standard InChI is InChI=1S/C95H186O17P2/c1-6-10-13-16-19-22-25-27-29-31-33-34-35-37-41-45-49-54-59-64-69-74-79-93(98)106-85-91(112-95(100)81-76-71-66-61-56-51-47-43-39-38-40-44-48-53-57-62-67-72-77-88(5)9-4)87-110-114(103,104)108-83-89(96)82-107-113(101,102)109-86-90(84-105-92(97)78-73-68-63-58-52-24-21-18-15-12-8-3)111-94(99)80-75-70-65-60-55-50-46-42-36-32-30-28-26-23-20-17-14-11-7-2/h88-91,96H,6-87H2,1-5H3,(H,101,102)(H,103,104)/t88?,89-,90+,91+/m0/s1. The molecule has 0 aliphatic carbocycles. The molecule has 0 bridgehead atoms. The number of ether oxygens (including phenoxy) is 4. The van der Waals surface area contributed by atoms with Crippen molar-refractivity contribution in [3.8, 4) is 0 Å². The normalized spacial score (nSPS) is 13.9. The Kier molecular flexibility index (Phi) is 85.9. The highest BCUT2D eigenvalue weighted by Crippen LogP contribution is 2.45. The fraction of sp³-hybridized carbons (Fsp3) is 0.958. The van der Waals surface area contributed by atoms with Gasteiger partial charge in [-0.05, 0) is 31.6 Å². The van der Waals surface area contributed by atoms with Crippen molar-refractivity contribution in [3.05, 3.63) is 0 Å². The van der Waals surface area contributed by atoms with Gasteiger partial charge in [0.2, 0.25) is 0 Å². The first-order chi connectivity index (χ1) is 55.6. The summed E-state index contributed by atoms with van der Waals surface area (Å²) in [5.74, 6) is -1.22. The molecule has 0 spiro atoms. The molecule has 0 aromatic carbocycles. The van der Waals surface area contributed by atoms with Gasteiger partial charge in [0.1, 0.15) is 19.3 Å². The summed E-state index contributed by atoms with van der Waals surface area (Å²) in [6, 6.07) is 0. The molecule has 0 rings (SSSR count). The van der Waals surface area contributed by atoms with E-state index in [2.05, 4.69) is 34.6 Å². The summed E-state index contributed by atoms with van der Waals surface area (Å²) in [6.45, 7) is 7.48. The zero-order chi connectivity index (χ0) is 83.3. The minimum atomic E-state index is -4.97. The Morgan fingerprint density at radius 3 is 0.623 bits per heavy atom. The number of rotatable bonds is 95. The van der Waals surface area contributed by atoms with Gasteiger partial charge in [-0.2, -0.15) is 0 Å². The Balaban J connectivity index is 5.22. The maximum Gasteiger partial charge on any atom is 0.472 e. The lowest BCUT2D eigenvalue weighted by molar-refractivity contribution is -0.161. The average Bonchev–Trinajstić information content (AvgIpc) is 0.889. The van der Waals surface area contributed by atoms with Gasteiger partial charge < -0.3 is 33.8 Å². The van der Waals surface area contributed by atoms with Crippen LogP contribution >= 0.6 is 15.6 Å². The van der Waals surface area contributed by atoms with Gasteiger partial charge in [-0.15, -0.1) is 0 Å². The molecule has 114 heavy (non-hydrogen) atoms. The van der Waals surface area contributed by atoms with Crippen molar-refractivity contribution in [1.82, 2.24) is 0 Å². The highest BCUT2D eigenvalue weighted by molar-refractivity contribution is 7.47. The molecular weight excluding hydrogens is 1470 g/mol. The Bertz CT molecular complexity index is 2150. The largest absolute Gasteiger partial charge is 0.472 e. The van der Waals surface area contributed by atoms with E-state index in [-0.39, 0.29) is 25.7 Å². The van der Waals surface area contributed by atoms with Gasteiger partial charge in [0.05, 0.1) is 26.4 Å². The highest BCUT2D eigenvalue weighted by Gasteiger charge is 2.31. The number of phosphoric acid groups is 2. The van der Waals surface area contributed by atoms with E-state index in [1.807, 2.05) is 0 Å². The van der Waals surface area contributed by atoms with Gasteiger partial charge in [-0.1, -0.05) is 471 Å². The van der Waals surface area contributed by atoms with Crippen LogP contribution in [0.1, 0.15) is 523 Å². The minimum Gasteiger partial charge on any atom is -0.462 e. The maximum absolute atomic E-state index is 13.2. The van der Waals surface area contributed by atoms with Crippen LogP contribution < -0.4 is 0 Å². The fourth-order valence-electron chi connectivity index (χ4n) is 15.0. The molecule has 0 radical (unpaired) electrons. The number of carbonyl (C=O) groups excluding carboxylic acids is 4. The molecular formula is C95H186O17P2. The quantitative estimate of drug-likeness (QED) is 0.0222. The van der Waals surface area contributed by atoms with Gasteiger partial charge in [-0.3, -0.25) is 37.3 Å². The van der Waals surface area contributed by atoms with Crippen molar-refractivity contribution < 1.29 is 80.2 Å². The highest BCUT2D eigenvalue weighted by atomic mass is 31.2. The van der Waals surface area contributed by atoms with Crippen molar-refractivity contribution in [3.63, 3.8) is 0 Å². The van der Waals surface area contributed by atoms with Crippen LogP contribution in [0.4, 0.5) is 0 Å². The Hall–Kier alpha value is -1.94. The summed E-state index contributed by atoms with van der Waals surface area (Å²) >= 11 is 0. The first-order valence-electron chi connectivity index (χ1n) is 49.2. The van der Waals surface area contributed by atoms with Crippen molar-refractivity contribution >= 4 is 39.5 Å². The maximum atomic E-state index is 13.2. The summed E-state index contributed by atoms with van der Waals surface area (Å²) in [5.41, 5.74) is 0. The summed E-state index contributed by atoms with van der Waals surface area (Å²) in [7, 11) is -9.94. The van der Waals surface area contributed by atoms with Gasteiger partial charge in [0.15, 0.2) is 12.2 Å². The number of aliphatic hydroxyl groups is 1. The van der Waals surface area contributed by atoms with Crippen molar-refractivity contribution in [2.75, 3.05) is 39.6 Å². The van der Waals surface area contributed by atoms with Crippen LogP contribution in [0.25, 0.3) is 0 Å². The predicted octanol–water partition coefficient (Wildman–Crippen LogP) is 29.9. The van der Waals surface area contributed by atoms with E-state index >= 15 is 0 Å². The third-order valence-corrected chi connectivity index (χ3v) is 24.8. The SMILES string of the molecule is CCCCCCCCCCCCCCCCCCCCCCCCC(=O)OC[C@H](COP(=O)(O)OC[C@@H](O)COP(=O)(O)OC[C@@H](COC(=O)CCCCCCCCCCCCC)OC(=O)CCCCCCCCCCCCCCCCCCCCC)OC(=O)CCCCCCCCCCCCCCCCCCCCC(C)CC. The van der Waals surface area contributed by atoms with Gasteiger partial charge in [0.25, 0.3) is 0 Å². The van der Waals surface area contributed by atoms with E-state index in [0.29, 0.717) is 25.7 Å². The summed E-state index contributed by atoms with van der Waals surface area (Å²) < 4.78 is 69.2. The first kappa shape index (κ1) is 112. The number of aliphatic hydroxyl groups excluding tert-OH is 1. The van der Waals surface area contributed by atoms with Crippen LogP contribution in [0.5, 0.6) is 0 Å². The van der Waals surface area contributed by atoms with Gasteiger partial charge in [0, 0.05) is 25.7 Å². The number of phosphoric ester groups is 2. The van der Waals surface area contributed by atoms with Crippen LogP contribution in [0.3, 0.4) is 0 Å². The minimum absolute atomic E-state index is 0.110. The molecule has 0 heterocycles. The Morgan fingerprint density at radius 1 is 0.246 bits per heavy atom. The van der Waals surface area contributed by atoms with E-state index < -0.39 is 97.5 Å². The average molecular weight is 1660 g/mol. The van der Waals surface area contributed by atoms with Gasteiger partial charge >= 0.3 is 39.5 Å². The smallest absolute Gasteiger partial charge is 0.462 e. The molecule has 3 unspecified atom stereocenters. The number of carbonyl (C=O) groups is 4. The van der Waals surface area contributed by atoms with Crippen LogP contribution in [0.15, 0.2) is 0 Å². The monoisotopic (exact) mass is 1660 g/mol. The number of esters is 4. The summed E-state index contributed by atoms with van der Waals surface area (Å²) in [6.07, 6.45) is 84.9. The Labute approximate surface area is 702 Å². The number of hydrogen-bond donors (Lipinski definition) is 3. The summed E-state index contributed by atoms with van der Waals surface area (Å²) in [4.78, 5) is 73.5. The molecule has 678 valence electrons. The van der Waals surface area contributed by atoms with E-state index in [1.54, 1.807) is 0 Å². The van der Waals surface area contributed by atoms with Crippen molar-refractivity contribution in [1.29, 1.82) is 0 Å². The fourth-order valence-corrected chi connectivity index (χ4v) is 16.6. The van der Waals surface area contributed by atoms with Crippen molar-refractivity contribution in [2.24, 2.45) is 5.92 Å². The lowest BCUT2D eigenvalue weighted by Crippen LogP contribution is -2.30. The molecule has 0 saturated carbocycles. The predicted molar refractivity (Wildman–Crippen MR) is 474 cm³/mol. The zero-order valence-electron chi connectivity index (χ0n) is 75.2. The molecule has 19 heteroatoms. The molecule has 3 N–H and O–H groups in total. The number of hydrogen-bond acceptors (Lipinski definition) is 15. The molecule has 17 nitrogen and oxygen atoms in total.